The third-order valence-electron chi connectivity index (χ3n) is 13.4. The van der Waals surface area contributed by atoms with E-state index in [4.69, 9.17) is 80.8 Å². The first-order chi connectivity index (χ1) is 37.6. The Kier molecular flexibility index (Phi) is 18.2. The lowest BCUT2D eigenvalue weighted by Crippen LogP contribution is -2.49. The number of piperazine rings is 1. The molecule has 0 radical (unpaired) electrons. The first-order valence-corrected chi connectivity index (χ1v) is 27.4. The molecule has 0 unspecified atom stereocenters. The van der Waals surface area contributed by atoms with E-state index in [1.165, 1.54) is 29.8 Å². The first-order valence-electron chi connectivity index (χ1n) is 25.8. The zero-order valence-corrected chi connectivity index (χ0v) is 47.4. The summed E-state index contributed by atoms with van der Waals surface area (Å²) in [5.74, 6) is 1.39. The van der Waals surface area contributed by atoms with E-state index >= 15 is 0 Å². The van der Waals surface area contributed by atoms with Crippen molar-refractivity contribution < 1.29 is 51.8 Å². The number of fused-ring (bicyclic) bond motifs is 7. The van der Waals surface area contributed by atoms with Crippen LogP contribution >= 0.6 is 34.5 Å². The van der Waals surface area contributed by atoms with Crippen molar-refractivity contribution in [3.8, 4) is 67.5 Å². The number of rotatable bonds is 16. The van der Waals surface area contributed by atoms with Gasteiger partial charge in [0, 0.05) is 67.8 Å². The number of para-hydroxylation sites is 1. The largest absolute Gasteiger partial charge is 0.496 e. The van der Waals surface area contributed by atoms with E-state index in [1.54, 1.807) is 53.2 Å². The number of benzene rings is 4. The fraction of sp³-hybridized carbons (Fsp3) is 0.390. The Morgan fingerprint density at radius 3 is 2.29 bits per heavy atom. The van der Waals surface area contributed by atoms with E-state index in [-0.39, 0.29) is 32.1 Å². The molecule has 3 aliphatic rings. The Bertz CT molecular complexity index is 3210. The monoisotopic (exact) mass is 1120 g/mol. The summed E-state index contributed by atoms with van der Waals surface area (Å²) in [6.45, 7) is 14.6. The van der Waals surface area contributed by atoms with E-state index < -0.39 is 29.6 Å². The van der Waals surface area contributed by atoms with Gasteiger partial charge in [0.05, 0.1) is 48.1 Å². The molecule has 6 heterocycles. The number of thiophene rings is 1. The zero-order chi connectivity index (χ0) is 55.1. The smallest absolute Gasteiger partial charge is 0.348 e. The molecule has 3 aromatic heterocycles. The molecule has 4 aromatic carbocycles. The predicted octanol–water partition coefficient (Wildman–Crippen LogP) is 11.5. The second-order valence-electron chi connectivity index (χ2n) is 20.1. The minimum atomic E-state index is -1.31. The van der Waals surface area contributed by atoms with Crippen LogP contribution in [0.1, 0.15) is 43.2 Å². The van der Waals surface area contributed by atoms with Crippen LogP contribution in [0.3, 0.4) is 0 Å². The highest BCUT2D eigenvalue weighted by atomic mass is 35.5. The number of likely N-dealkylation sites (N-methyl/N-ethyl adjacent to an activating group) is 1. The number of halogens is 3. The van der Waals surface area contributed by atoms with Gasteiger partial charge in [0.25, 0.3) is 0 Å². The number of nitrogens with zero attached hydrogens (tertiary/aromatic N) is 5. The maximum atomic E-state index is 14.8. The topological polar surface area (TPSA) is 145 Å². The number of esters is 1. The van der Waals surface area contributed by atoms with Crippen LogP contribution in [0, 0.1) is 19.7 Å². The van der Waals surface area contributed by atoms with Gasteiger partial charge >= 0.3 is 5.97 Å². The average molecular weight is 1130 g/mol. The van der Waals surface area contributed by atoms with Crippen molar-refractivity contribution in [1.82, 2.24) is 24.8 Å². The van der Waals surface area contributed by atoms with Crippen LogP contribution in [-0.2, 0) is 32.0 Å². The predicted molar refractivity (Wildman–Crippen MR) is 301 cm³/mol. The van der Waals surface area contributed by atoms with Crippen LogP contribution in [0.25, 0.3) is 43.0 Å². The number of methoxy groups -OCH3 is 2. The summed E-state index contributed by atoms with van der Waals surface area (Å²) in [7, 11) is 5.35. The van der Waals surface area contributed by atoms with Gasteiger partial charge in [-0.1, -0.05) is 47.5 Å². The highest BCUT2D eigenvalue weighted by Gasteiger charge is 2.34. The maximum Gasteiger partial charge on any atom is 0.348 e. The van der Waals surface area contributed by atoms with Gasteiger partial charge in [-0.2, -0.15) is 0 Å². The lowest BCUT2D eigenvalue weighted by Gasteiger charge is -2.35. The number of carbonyl (C=O) groups is 1. The van der Waals surface area contributed by atoms with Gasteiger partial charge < -0.3 is 47.5 Å². The first kappa shape index (κ1) is 56.4. The Morgan fingerprint density at radius 1 is 0.833 bits per heavy atom. The summed E-state index contributed by atoms with van der Waals surface area (Å²) in [6.07, 6.45) is -0.548. The van der Waals surface area contributed by atoms with E-state index in [2.05, 4.69) is 16.8 Å². The van der Waals surface area contributed by atoms with Gasteiger partial charge in [-0.05, 0) is 119 Å². The highest BCUT2D eigenvalue weighted by molar-refractivity contribution is 7.22. The molecule has 2 atom stereocenters. The molecule has 78 heavy (non-hydrogen) atoms. The van der Waals surface area contributed by atoms with E-state index in [1.807, 2.05) is 62.4 Å². The quantitative estimate of drug-likeness (QED) is 0.0668. The summed E-state index contributed by atoms with van der Waals surface area (Å²) in [5, 5.41) is 1.10. The summed E-state index contributed by atoms with van der Waals surface area (Å²) in [5.41, 5.74) is 4.92. The van der Waals surface area contributed by atoms with Gasteiger partial charge in [0.1, 0.15) is 77.2 Å². The molecule has 15 nitrogen and oxygen atoms in total. The fourth-order valence-electron chi connectivity index (χ4n) is 9.41. The van der Waals surface area contributed by atoms with E-state index in [9.17, 15) is 9.18 Å². The van der Waals surface area contributed by atoms with Crippen molar-refractivity contribution in [2.45, 2.75) is 65.5 Å². The van der Waals surface area contributed by atoms with Crippen molar-refractivity contribution >= 4 is 50.7 Å². The second kappa shape index (κ2) is 25.2. The number of hydrogen-bond acceptors (Lipinski definition) is 16. The molecule has 7 aromatic rings. The van der Waals surface area contributed by atoms with Crippen LogP contribution in [0.4, 0.5) is 4.39 Å². The van der Waals surface area contributed by atoms with E-state index in [0.717, 1.165) is 36.6 Å². The Balaban J connectivity index is 1.18. The van der Waals surface area contributed by atoms with Crippen molar-refractivity contribution in [3.05, 3.63) is 123 Å². The summed E-state index contributed by atoms with van der Waals surface area (Å²) >= 11 is 16.3. The molecular formula is C59H64Cl2FN5O10S. The van der Waals surface area contributed by atoms with E-state index in [0.29, 0.717) is 120 Å². The number of ether oxygens (including phenoxy) is 9. The molecule has 0 saturated carbocycles. The van der Waals surface area contributed by atoms with Crippen LogP contribution in [-0.4, -0.2) is 136 Å². The summed E-state index contributed by atoms with van der Waals surface area (Å²) in [4.78, 5) is 35.2. The van der Waals surface area contributed by atoms with Gasteiger partial charge in [-0.25, -0.2) is 24.1 Å². The molecule has 10 rings (SSSR count). The Morgan fingerprint density at radius 2 is 1.56 bits per heavy atom. The molecule has 0 spiro atoms. The number of aromatic nitrogens is 3. The summed E-state index contributed by atoms with van der Waals surface area (Å²) < 4.78 is 70.9. The van der Waals surface area contributed by atoms with Crippen molar-refractivity contribution in [3.63, 3.8) is 0 Å². The minimum absolute atomic E-state index is 0.0522. The van der Waals surface area contributed by atoms with Gasteiger partial charge in [-0.3, -0.25) is 4.90 Å². The molecule has 412 valence electrons. The second-order valence-corrected chi connectivity index (χ2v) is 21.9. The third-order valence-corrected chi connectivity index (χ3v) is 15.4. The minimum Gasteiger partial charge on any atom is -0.496 e. The molecule has 19 heteroatoms. The lowest BCUT2D eigenvalue weighted by atomic mass is 9.92. The van der Waals surface area contributed by atoms with Crippen LogP contribution < -0.4 is 28.4 Å². The van der Waals surface area contributed by atoms with Gasteiger partial charge in [0.15, 0.2) is 5.75 Å². The standard InChI is InChI=1S/C59H64Cl2FN5O10S/c1-35-49-36(2)53(61)54(52(35)60)75-41(31-67-23-21-66(6)22-24-67)32-73-40-17-19-45(74-33-44-47(72-28-27-71-26-25-69-7)20-18-43(65-44)42-11-9-10-12-46(42)70-8)38(29-40)30-48(58(68)77-59(3,4)5)76-56-51-50(49)55(78-57(51)64-34-63-56)37-13-15-39(62)16-14-37/h9-20,29,34,41,48H,21-28,30-33H2,1-8H3/t41-,48-/m1/s1. The lowest BCUT2D eigenvalue weighted by molar-refractivity contribution is -0.163. The normalized spacial score (nSPS) is 16.2. The zero-order valence-electron chi connectivity index (χ0n) is 45.1. The average Bonchev–Trinajstić information content (AvgIpc) is 3.82. The maximum absolute atomic E-state index is 14.8. The molecule has 0 N–H and O–H groups in total. The fourth-order valence-corrected chi connectivity index (χ4v) is 11.1. The van der Waals surface area contributed by atoms with Crippen LogP contribution in [0.15, 0.2) is 85.2 Å². The van der Waals surface area contributed by atoms with Crippen molar-refractivity contribution in [1.29, 1.82) is 0 Å². The highest BCUT2D eigenvalue weighted by Crippen LogP contribution is 2.53. The molecule has 1 fully saturated rings. The molecule has 0 amide bonds. The number of pyridine rings is 1. The SMILES string of the molecule is COCCOCCOc1ccc(-c2ccccc2OC)nc1COc1ccc2cc1C[C@H](C(=O)OC(C)(C)C)Oc1ncnc3sc(-c4ccc(F)cc4)c(c13)-c1c(C)c(Cl)c(c(Cl)c1C)O[C@H](CN1CCN(C)CC1)CO2. The van der Waals surface area contributed by atoms with Crippen LogP contribution in [0.2, 0.25) is 10.0 Å². The number of carbonyl (C=O) groups excluding carboxylic acids is 1. The number of hydrogen-bond donors (Lipinski definition) is 0. The summed E-state index contributed by atoms with van der Waals surface area (Å²) in [6, 6.07) is 23.0. The molecule has 1 saturated heterocycles. The van der Waals surface area contributed by atoms with Crippen molar-refractivity contribution in [2.75, 3.05) is 87.0 Å². The molecule has 0 aliphatic carbocycles. The molecule has 3 aliphatic heterocycles. The van der Waals surface area contributed by atoms with Gasteiger partial charge in [0.2, 0.25) is 12.0 Å². The van der Waals surface area contributed by atoms with Gasteiger partial charge in [-0.15, -0.1) is 11.3 Å². The Hall–Kier alpha value is -6.31. The molecule has 4 bridgehead atoms. The van der Waals surface area contributed by atoms with Crippen LogP contribution in [0.5, 0.6) is 34.6 Å². The van der Waals surface area contributed by atoms with Crippen molar-refractivity contribution in [2.24, 2.45) is 0 Å². The third kappa shape index (κ3) is 13.2. The Labute approximate surface area is 468 Å². The molecular weight excluding hydrogens is 1060 g/mol.